The molecule has 6 nitrogen and oxygen atoms in total. The highest BCUT2D eigenvalue weighted by molar-refractivity contribution is 7.99. The summed E-state index contributed by atoms with van der Waals surface area (Å²) in [4.78, 5) is 11.8. The second kappa shape index (κ2) is 6.98. The van der Waals surface area contributed by atoms with Crippen molar-refractivity contribution in [1.82, 2.24) is 20.2 Å². The number of carbonyl (C=O) groups excluding carboxylic acids is 1. The van der Waals surface area contributed by atoms with E-state index in [9.17, 15) is 4.79 Å². The Bertz CT molecular complexity index is 726. The van der Waals surface area contributed by atoms with Gasteiger partial charge in [-0.15, -0.1) is 10.2 Å². The molecule has 2 rings (SSSR count). The molecule has 0 saturated heterocycles. The average molecular weight is 374 g/mol. The molecule has 0 unspecified atom stereocenters. The normalized spacial score (nSPS) is 11.5. The third kappa shape index (κ3) is 4.76. The largest absolute Gasteiger partial charge is 0.351 e. The molecule has 1 heterocycles. The quantitative estimate of drug-likeness (QED) is 0.635. The van der Waals surface area contributed by atoms with Gasteiger partial charge < -0.3 is 11.2 Å². The highest BCUT2D eigenvalue weighted by Gasteiger charge is 2.18. The van der Waals surface area contributed by atoms with Gasteiger partial charge in [-0.2, -0.15) is 0 Å². The van der Waals surface area contributed by atoms with Crippen LogP contribution < -0.4 is 11.2 Å². The predicted octanol–water partition coefficient (Wildman–Crippen LogP) is 2.97. The molecule has 23 heavy (non-hydrogen) atoms. The monoisotopic (exact) mass is 373 g/mol. The van der Waals surface area contributed by atoms with E-state index in [-0.39, 0.29) is 17.2 Å². The molecule has 1 aromatic carbocycles. The average Bonchev–Trinajstić information content (AvgIpc) is 2.76. The van der Waals surface area contributed by atoms with Gasteiger partial charge in [0.15, 0.2) is 5.82 Å². The fourth-order valence-corrected chi connectivity index (χ4v) is 2.96. The van der Waals surface area contributed by atoms with Gasteiger partial charge in [-0.25, -0.2) is 4.68 Å². The van der Waals surface area contributed by atoms with Gasteiger partial charge >= 0.3 is 0 Å². The van der Waals surface area contributed by atoms with Crippen molar-refractivity contribution in [3.63, 3.8) is 0 Å². The molecule has 0 fully saturated rings. The topological polar surface area (TPSA) is 85.8 Å². The van der Waals surface area contributed by atoms with E-state index in [2.05, 4.69) is 15.5 Å². The van der Waals surface area contributed by atoms with Gasteiger partial charge in [0.2, 0.25) is 11.1 Å². The maximum atomic E-state index is 11.8. The second-order valence-electron chi connectivity index (χ2n) is 5.89. The van der Waals surface area contributed by atoms with Crippen molar-refractivity contribution in [3.8, 4) is 11.4 Å². The minimum Gasteiger partial charge on any atom is -0.351 e. The third-order valence-corrected chi connectivity index (χ3v) is 4.17. The summed E-state index contributed by atoms with van der Waals surface area (Å²) in [5.41, 5.74) is 0.341. The summed E-state index contributed by atoms with van der Waals surface area (Å²) in [5, 5.41) is 12.3. The molecule has 0 saturated carbocycles. The van der Waals surface area contributed by atoms with Crippen LogP contribution in [0.2, 0.25) is 10.0 Å². The van der Waals surface area contributed by atoms with Gasteiger partial charge in [0.1, 0.15) is 0 Å². The Morgan fingerprint density at radius 3 is 2.65 bits per heavy atom. The number of carbonyl (C=O) groups is 1. The molecule has 0 bridgehead atoms. The molecule has 0 radical (unpaired) electrons. The van der Waals surface area contributed by atoms with E-state index in [1.165, 1.54) is 16.4 Å². The third-order valence-electron chi connectivity index (χ3n) is 2.68. The Balaban J connectivity index is 2.12. The van der Waals surface area contributed by atoms with Gasteiger partial charge in [0.05, 0.1) is 10.8 Å². The molecule has 0 aliphatic heterocycles. The first-order chi connectivity index (χ1) is 10.7. The highest BCUT2D eigenvalue weighted by Crippen LogP contribution is 2.30. The lowest BCUT2D eigenvalue weighted by Gasteiger charge is -2.20. The number of nitrogens with one attached hydrogen (secondary N) is 1. The van der Waals surface area contributed by atoms with Crippen molar-refractivity contribution >= 4 is 40.9 Å². The fraction of sp³-hybridized carbons (Fsp3) is 0.357. The van der Waals surface area contributed by atoms with Crippen LogP contribution in [0.4, 0.5) is 0 Å². The summed E-state index contributed by atoms with van der Waals surface area (Å²) in [5.74, 6) is 6.51. The lowest BCUT2D eigenvalue weighted by molar-refractivity contribution is -0.119. The molecule has 9 heteroatoms. The van der Waals surface area contributed by atoms with Crippen LogP contribution in [0, 0.1) is 0 Å². The fourth-order valence-electron chi connectivity index (χ4n) is 1.81. The Morgan fingerprint density at radius 1 is 1.35 bits per heavy atom. The van der Waals surface area contributed by atoms with Gasteiger partial charge in [-0.05, 0) is 39.0 Å². The van der Waals surface area contributed by atoms with Crippen molar-refractivity contribution in [1.29, 1.82) is 0 Å². The Morgan fingerprint density at radius 2 is 2.04 bits per heavy atom. The summed E-state index contributed by atoms with van der Waals surface area (Å²) in [7, 11) is 0. The van der Waals surface area contributed by atoms with Crippen LogP contribution in [0.5, 0.6) is 0 Å². The van der Waals surface area contributed by atoms with Crippen LogP contribution in [0.25, 0.3) is 11.4 Å². The number of nitrogen functional groups attached to an aromatic ring is 1. The molecule has 0 aliphatic rings. The number of halogens is 2. The summed E-state index contributed by atoms with van der Waals surface area (Å²) in [6.45, 7) is 5.75. The van der Waals surface area contributed by atoms with E-state index in [0.717, 1.165) is 0 Å². The zero-order valence-corrected chi connectivity index (χ0v) is 15.3. The molecule has 2 aromatic rings. The first-order valence-corrected chi connectivity index (χ1v) is 8.51. The van der Waals surface area contributed by atoms with Crippen molar-refractivity contribution in [3.05, 3.63) is 28.2 Å². The summed E-state index contributed by atoms with van der Waals surface area (Å²) in [6.07, 6.45) is 0. The summed E-state index contributed by atoms with van der Waals surface area (Å²) < 4.78 is 1.31. The maximum absolute atomic E-state index is 11.8. The van der Waals surface area contributed by atoms with E-state index in [4.69, 9.17) is 29.0 Å². The van der Waals surface area contributed by atoms with Crippen LogP contribution in [0.1, 0.15) is 20.8 Å². The van der Waals surface area contributed by atoms with Crippen LogP contribution in [-0.2, 0) is 4.79 Å². The maximum Gasteiger partial charge on any atom is 0.230 e. The van der Waals surface area contributed by atoms with E-state index in [0.29, 0.717) is 26.6 Å². The van der Waals surface area contributed by atoms with Crippen LogP contribution >= 0.6 is 35.0 Å². The lowest BCUT2D eigenvalue weighted by atomic mass is 10.1. The van der Waals surface area contributed by atoms with E-state index in [1.807, 2.05) is 20.8 Å². The Labute approximate surface area is 148 Å². The van der Waals surface area contributed by atoms with Gasteiger partial charge in [-0.3, -0.25) is 4.79 Å². The van der Waals surface area contributed by atoms with Gasteiger partial charge in [-0.1, -0.05) is 35.0 Å². The molecular weight excluding hydrogens is 357 g/mol. The number of hydrogen-bond acceptors (Lipinski definition) is 5. The Kier molecular flexibility index (Phi) is 5.44. The second-order valence-corrected chi connectivity index (χ2v) is 7.67. The van der Waals surface area contributed by atoms with Crippen molar-refractivity contribution in [2.24, 2.45) is 0 Å². The zero-order valence-electron chi connectivity index (χ0n) is 12.9. The first-order valence-electron chi connectivity index (χ1n) is 6.77. The standard InChI is InChI=1S/C14H17Cl2N5OS/c1-14(2,3)18-11(22)7-23-13-20-19-12(21(13)17)9-5-4-8(15)6-10(9)16/h4-6H,7,17H2,1-3H3,(H,18,22). The minimum absolute atomic E-state index is 0.100. The predicted molar refractivity (Wildman–Crippen MR) is 94.2 cm³/mol. The number of aromatic nitrogens is 3. The molecular formula is C14H17Cl2N5OS. The molecule has 0 atom stereocenters. The Hall–Kier alpha value is -1.44. The highest BCUT2D eigenvalue weighted by atomic mass is 35.5. The van der Waals surface area contributed by atoms with Crippen LogP contribution in [0.3, 0.4) is 0 Å². The number of hydrogen-bond donors (Lipinski definition) is 2. The molecule has 3 N–H and O–H groups in total. The number of amides is 1. The van der Waals surface area contributed by atoms with Crippen molar-refractivity contribution in [2.75, 3.05) is 11.6 Å². The van der Waals surface area contributed by atoms with E-state index >= 15 is 0 Å². The van der Waals surface area contributed by atoms with Gasteiger partial charge in [0.25, 0.3) is 0 Å². The first kappa shape index (κ1) is 17.9. The lowest BCUT2D eigenvalue weighted by Crippen LogP contribution is -2.41. The summed E-state index contributed by atoms with van der Waals surface area (Å²) >= 11 is 13.2. The molecule has 124 valence electrons. The SMILES string of the molecule is CC(C)(C)NC(=O)CSc1nnc(-c2ccc(Cl)cc2Cl)n1N. The number of nitrogens with two attached hydrogens (primary N) is 1. The molecule has 1 aromatic heterocycles. The van der Waals surface area contributed by atoms with Crippen molar-refractivity contribution in [2.45, 2.75) is 31.5 Å². The van der Waals surface area contributed by atoms with Crippen LogP contribution in [-0.4, -0.2) is 32.1 Å². The number of rotatable bonds is 4. The molecule has 0 spiro atoms. The number of thioether (sulfide) groups is 1. The minimum atomic E-state index is -0.282. The van der Waals surface area contributed by atoms with Crippen LogP contribution in [0.15, 0.2) is 23.4 Å². The zero-order chi connectivity index (χ0) is 17.2. The number of nitrogens with zero attached hydrogens (tertiary/aromatic N) is 3. The van der Waals surface area contributed by atoms with E-state index < -0.39 is 0 Å². The van der Waals surface area contributed by atoms with Gasteiger partial charge in [0, 0.05) is 16.1 Å². The van der Waals surface area contributed by atoms with E-state index in [1.54, 1.807) is 18.2 Å². The molecule has 1 amide bonds. The van der Waals surface area contributed by atoms with Crippen molar-refractivity contribution < 1.29 is 4.79 Å². The number of benzene rings is 1. The summed E-state index contributed by atoms with van der Waals surface area (Å²) in [6, 6.07) is 5.02. The molecule has 0 aliphatic carbocycles. The smallest absolute Gasteiger partial charge is 0.230 e.